The normalized spacial score (nSPS) is 17.0. The lowest BCUT2D eigenvalue weighted by Gasteiger charge is -2.25. The first kappa shape index (κ1) is 13.4. The summed E-state index contributed by atoms with van der Waals surface area (Å²) in [6, 6.07) is 5.18. The van der Waals surface area contributed by atoms with Gasteiger partial charge in [0.05, 0.1) is 18.5 Å². The Morgan fingerprint density at radius 3 is 2.16 bits per heavy atom. The van der Waals surface area contributed by atoms with Crippen LogP contribution in [0.5, 0.6) is 5.75 Å². The summed E-state index contributed by atoms with van der Waals surface area (Å²) < 4.78 is 5.12. The fourth-order valence-corrected chi connectivity index (χ4v) is 2.34. The van der Waals surface area contributed by atoms with Crippen molar-refractivity contribution in [1.82, 2.24) is 0 Å². The van der Waals surface area contributed by atoms with Crippen molar-refractivity contribution in [1.29, 1.82) is 0 Å². The number of benzene rings is 1. The molecule has 0 aliphatic carbocycles. The van der Waals surface area contributed by atoms with Crippen molar-refractivity contribution in [2.45, 2.75) is 26.7 Å². The molecule has 1 aliphatic rings. The molecule has 1 heterocycles. The van der Waals surface area contributed by atoms with Gasteiger partial charge in [-0.2, -0.15) is 0 Å². The van der Waals surface area contributed by atoms with Gasteiger partial charge in [-0.05, 0) is 25.0 Å². The smallest absolute Gasteiger partial charge is 0.240 e. The first-order chi connectivity index (χ1) is 9.07. The summed E-state index contributed by atoms with van der Waals surface area (Å²) in [6.45, 7) is 3.69. The van der Waals surface area contributed by atoms with Crippen LogP contribution in [0.2, 0.25) is 0 Å². The Hall–Kier alpha value is -2.04. The van der Waals surface area contributed by atoms with Crippen molar-refractivity contribution in [2.75, 3.05) is 17.7 Å². The standard InChI is InChI=1S/C14H18N2O3/c1-4-14(5-2)12(17)15-10-7-6-9(19-3)8-11(10)16-13(14)18/h6-8H,4-5H2,1-3H3,(H,15,17)(H,16,18). The van der Waals surface area contributed by atoms with Crippen LogP contribution in [0.15, 0.2) is 18.2 Å². The van der Waals surface area contributed by atoms with E-state index in [1.54, 1.807) is 25.3 Å². The highest BCUT2D eigenvalue weighted by Gasteiger charge is 2.44. The molecule has 0 bridgehead atoms. The largest absolute Gasteiger partial charge is 0.497 e. The number of nitrogens with one attached hydrogen (secondary N) is 2. The predicted molar refractivity (Wildman–Crippen MR) is 73.3 cm³/mol. The number of hydrogen-bond acceptors (Lipinski definition) is 3. The zero-order valence-corrected chi connectivity index (χ0v) is 11.4. The van der Waals surface area contributed by atoms with Crippen molar-refractivity contribution in [3.63, 3.8) is 0 Å². The summed E-state index contributed by atoms with van der Waals surface area (Å²) >= 11 is 0. The number of carbonyl (C=O) groups excluding carboxylic acids is 2. The number of methoxy groups -OCH3 is 1. The molecule has 0 saturated heterocycles. The van der Waals surface area contributed by atoms with E-state index in [0.717, 1.165) is 0 Å². The molecule has 0 fully saturated rings. The second-order valence-corrected chi connectivity index (χ2v) is 4.61. The third-order valence-corrected chi connectivity index (χ3v) is 3.80. The first-order valence-electron chi connectivity index (χ1n) is 6.38. The van der Waals surface area contributed by atoms with Crippen molar-refractivity contribution in [3.05, 3.63) is 18.2 Å². The van der Waals surface area contributed by atoms with E-state index in [2.05, 4.69) is 10.6 Å². The molecule has 2 rings (SSSR count). The van der Waals surface area contributed by atoms with Crippen molar-refractivity contribution in [3.8, 4) is 5.75 Å². The maximum Gasteiger partial charge on any atom is 0.240 e. The Morgan fingerprint density at radius 2 is 1.63 bits per heavy atom. The van der Waals surface area contributed by atoms with Gasteiger partial charge in [0.15, 0.2) is 0 Å². The van der Waals surface area contributed by atoms with Gasteiger partial charge in [-0.3, -0.25) is 9.59 Å². The van der Waals surface area contributed by atoms with E-state index in [1.807, 2.05) is 13.8 Å². The molecule has 0 radical (unpaired) electrons. The van der Waals surface area contributed by atoms with Gasteiger partial charge in [0.1, 0.15) is 11.2 Å². The van der Waals surface area contributed by atoms with Crippen molar-refractivity contribution < 1.29 is 14.3 Å². The summed E-state index contributed by atoms with van der Waals surface area (Å²) in [5.41, 5.74) is 0.163. The highest BCUT2D eigenvalue weighted by atomic mass is 16.5. The third kappa shape index (κ3) is 2.05. The van der Waals surface area contributed by atoms with Gasteiger partial charge < -0.3 is 15.4 Å². The second kappa shape index (κ2) is 4.91. The Kier molecular flexibility index (Phi) is 3.46. The predicted octanol–water partition coefficient (Wildman–Crippen LogP) is 2.39. The topological polar surface area (TPSA) is 67.4 Å². The Balaban J connectivity index is 2.47. The monoisotopic (exact) mass is 262 g/mol. The lowest BCUT2D eigenvalue weighted by atomic mass is 9.80. The van der Waals surface area contributed by atoms with E-state index in [1.165, 1.54) is 0 Å². The molecule has 2 N–H and O–H groups in total. The SMILES string of the molecule is CCC1(CC)C(=O)Nc2ccc(OC)cc2NC1=O. The summed E-state index contributed by atoms with van der Waals surface area (Å²) in [4.78, 5) is 24.7. The average Bonchev–Trinajstić information content (AvgIpc) is 2.52. The minimum atomic E-state index is -1.01. The average molecular weight is 262 g/mol. The molecule has 2 amide bonds. The Bertz CT molecular complexity index is 521. The molecular weight excluding hydrogens is 244 g/mol. The molecule has 0 saturated carbocycles. The lowest BCUT2D eigenvalue weighted by molar-refractivity contribution is -0.137. The molecule has 102 valence electrons. The molecule has 1 aromatic rings. The van der Waals surface area contributed by atoms with E-state index >= 15 is 0 Å². The third-order valence-electron chi connectivity index (χ3n) is 3.80. The zero-order chi connectivity index (χ0) is 14.0. The quantitative estimate of drug-likeness (QED) is 0.822. The van der Waals surface area contributed by atoms with Crippen LogP contribution in [0.4, 0.5) is 11.4 Å². The number of rotatable bonds is 3. The summed E-state index contributed by atoms with van der Waals surface area (Å²) in [5.74, 6) is 0.120. The fourth-order valence-electron chi connectivity index (χ4n) is 2.34. The number of hydrogen-bond donors (Lipinski definition) is 2. The Morgan fingerprint density at radius 1 is 1.05 bits per heavy atom. The van der Waals surface area contributed by atoms with Crippen LogP contribution < -0.4 is 15.4 Å². The van der Waals surface area contributed by atoms with Gasteiger partial charge in [0, 0.05) is 6.07 Å². The molecule has 1 aliphatic heterocycles. The van der Waals surface area contributed by atoms with Crippen LogP contribution in [0.3, 0.4) is 0 Å². The molecule has 0 aromatic heterocycles. The highest BCUT2D eigenvalue weighted by Crippen LogP contribution is 2.37. The minimum Gasteiger partial charge on any atom is -0.497 e. The van der Waals surface area contributed by atoms with E-state index < -0.39 is 5.41 Å². The van der Waals surface area contributed by atoms with Gasteiger partial charge in [-0.15, -0.1) is 0 Å². The van der Waals surface area contributed by atoms with Gasteiger partial charge in [0.25, 0.3) is 0 Å². The minimum absolute atomic E-state index is 0.251. The van der Waals surface area contributed by atoms with Crippen molar-refractivity contribution >= 4 is 23.2 Å². The van der Waals surface area contributed by atoms with Crippen LogP contribution >= 0.6 is 0 Å². The molecule has 0 atom stereocenters. The van der Waals surface area contributed by atoms with E-state index in [4.69, 9.17) is 4.74 Å². The molecule has 0 spiro atoms. The second-order valence-electron chi connectivity index (χ2n) is 4.61. The van der Waals surface area contributed by atoms with Gasteiger partial charge in [-0.25, -0.2) is 0 Å². The van der Waals surface area contributed by atoms with E-state index in [0.29, 0.717) is 30.0 Å². The maximum absolute atomic E-state index is 12.4. The summed E-state index contributed by atoms with van der Waals surface area (Å²) in [7, 11) is 1.56. The van der Waals surface area contributed by atoms with Gasteiger partial charge in [0.2, 0.25) is 11.8 Å². The first-order valence-corrected chi connectivity index (χ1v) is 6.38. The van der Waals surface area contributed by atoms with Crippen molar-refractivity contribution in [2.24, 2.45) is 5.41 Å². The van der Waals surface area contributed by atoms with Crippen LogP contribution in [0.25, 0.3) is 0 Å². The highest BCUT2D eigenvalue weighted by molar-refractivity contribution is 6.18. The van der Waals surface area contributed by atoms with Crippen LogP contribution in [-0.4, -0.2) is 18.9 Å². The van der Waals surface area contributed by atoms with E-state index in [9.17, 15) is 9.59 Å². The van der Waals surface area contributed by atoms with Gasteiger partial charge >= 0.3 is 0 Å². The lowest BCUT2D eigenvalue weighted by Crippen LogP contribution is -2.43. The molecule has 0 unspecified atom stereocenters. The maximum atomic E-state index is 12.4. The number of fused-ring (bicyclic) bond motifs is 1. The fraction of sp³-hybridized carbons (Fsp3) is 0.429. The number of anilines is 2. The Labute approximate surface area is 112 Å². The number of ether oxygens (including phenoxy) is 1. The molecular formula is C14H18N2O3. The van der Waals surface area contributed by atoms with Crippen LogP contribution in [0.1, 0.15) is 26.7 Å². The molecule has 19 heavy (non-hydrogen) atoms. The zero-order valence-electron chi connectivity index (χ0n) is 11.4. The summed E-state index contributed by atoms with van der Waals surface area (Å²) in [6.07, 6.45) is 0.929. The van der Waals surface area contributed by atoms with E-state index in [-0.39, 0.29) is 11.8 Å². The van der Waals surface area contributed by atoms with Gasteiger partial charge in [-0.1, -0.05) is 13.8 Å². The summed E-state index contributed by atoms with van der Waals surface area (Å²) in [5, 5.41) is 5.64. The number of amides is 2. The molecule has 5 heteroatoms. The molecule has 1 aromatic carbocycles. The molecule has 5 nitrogen and oxygen atoms in total. The number of carbonyl (C=O) groups is 2. The van der Waals surface area contributed by atoms with Crippen LogP contribution in [0, 0.1) is 5.41 Å². The van der Waals surface area contributed by atoms with Crippen LogP contribution in [-0.2, 0) is 9.59 Å².